The minimum Gasteiger partial charge on any atom is -0.497 e. The van der Waals surface area contributed by atoms with Gasteiger partial charge >= 0.3 is 0 Å². The average Bonchev–Trinajstić information content (AvgIpc) is 2.44. The summed E-state index contributed by atoms with van der Waals surface area (Å²) in [4.78, 5) is 11.7. The zero-order valence-corrected chi connectivity index (χ0v) is 12.7. The molecule has 0 heterocycles. The monoisotopic (exact) mass is 280 g/mol. The maximum Gasteiger partial charge on any atom is 0.239 e. The van der Waals surface area contributed by atoms with E-state index in [9.17, 15) is 4.79 Å². The Balaban J connectivity index is 2.49. The predicted octanol–water partition coefficient (Wildman–Crippen LogP) is 2.28. The van der Waals surface area contributed by atoms with Crippen LogP contribution in [-0.2, 0) is 4.79 Å². The fourth-order valence-corrected chi connectivity index (χ4v) is 1.69. The van der Waals surface area contributed by atoms with Crippen molar-refractivity contribution in [2.24, 2.45) is 5.92 Å². The third-order valence-corrected chi connectivity index (χ3v) is 2.89. The molecule has 1 rings (SSSR count). The molecule has 5 nitrogen and oxygen atoms in total. The molecular weight excluding hydrogens is 256 g/mol. The molecule has 1 amide bonds. The van der Waals surface area contributed by atoms with Gasteiger partial charge in [0.15, 0.2) is 0 Å². The Morgan fingerprint density at radius 2 is 2.00 bits per heavy atom. The van der Waals surface area contributed by atoms with E-state index in [-0.39, 0.29) is 12.5 Å². The normalized spacial score (nSPS) is 10.2. The first-order valence-electron chi connectivity index (χ1n) is 6.79. The van der Waals surface area contributed by atoms with Crippen molar-refractivity contribution in [3.63, 3.8) is 0 Å². The molecule has 1 aromatic carbocycles. The molecule has 0 bridgehead atoms. The van der Waals surface area contributed by atoms with Gasteiger partial charge in [-0.05, 0) is 24.5 Å². The van der Waals surface area contributed by atoms with Crippen molar-refractivity contribution in [1.29, 1.82) is 0 Å². The number of hydrogen-bond acceptors (Lipinski definition) is 4. The van der Waals surface area contributed by atoms with E-state index < -0.39 is 0 Å². The summed E-state index contributed by atoms with van der Waals surface area (Å²) in [5.41, 5.74) is 0.742. The smallest absolute Gasteiger partial charge is 0.239 e. The van der Waals surface area contributed by atoms with Gasteiger partial charge in [0.1, 0.15) is 11.5 Å². The molecule has 5 heteroatoms. The summed E-state index contributed by atoms with van der Waals surface area (Å²) >= 11 is 0. The van der Waals surface area contributed by atoms with Crippen LogP contribution < -0.4 is 20.1 Å². The Labute approximate surface area is 120 Å². The molecule has 0 aliphatic carbocycles. The Hall–Kier alpha value is -1.91. The van der Waals surface area contributed by atoms with E-state index in [0.717, 1.165) is 12.1 Å². The molecule has 0 fully saturated rings. The van der Waals surface area contributed by atoms with Gasteiger partial charge in [-0.3, -0.25) is 4.79 Å². The zero-order chi connectivity index (χ0) is 15.0. The Kier molecular flexibility index (Phi) is 6.70. The molecule has 0 aliphatic rings. The number of nitrogens with one attached hydrogen (secondary N) is 2. The Morgan fingerprint density at radius 1 is 1.25 bits per heavy atom. The quantitative estimate of drug-likeness (QED) is 0.767. The first-order valence-corrected chi connectivity index (χ1v) is 6.79. The molecule has 0 aromatic heterocycles. The van der Waals surface area contributed by atoms with Gasteiger partial charge in [-0.15, -0.1) is 0 Å². The average molecular weight is 280 g/mol. The van der Waals surface area contributed by atoms with Crippen LogP contribution in [0.2, 0.25) is 0 Å². The topological polar surface area (TPSA) is 59.6 Å². The van der Waals surface area contributed by atoms with Crippen LogP contribution in [0.15, 0.2) is 18.2 Å². The Bertz CT molecular complexity index is 433. The van der Waals surface area contributed by atoms with Gasteiger partial charge in [0.2, 0.25) is 5.91 Å². The fourth-order valence-electron chi connectivity index (χ4n) is 1.69. The van der Waals surface area contributed by atoms with Crippen LogP contribution in [0.5, 0.6) is 11.5 Å². The number of methoxy groups -OCH3 is 2. The van der Waals surface area contributed by atoms with E-state index in [1.165, 1.54) is 0 Å². The van der Waals surface area contributed by atoms with Gasteiger partial charge in [0.05, 0.1) is 26.5 Å². The fraction of sp³-hybridized carbons (Fsp3) is 0.533. The van der Waals surface area contributed by atoms with Gasteiger partial charge in [0.25, 0.3) is 0 Å². The minimum atomic E-state index is -0.0319. The summed E-state index contributed by atoms with van der Waals surface area (Å²) < 4.78 is 10.4. The third kappa shape index (κ3) is 5.38. The number of anilines is 1. The summed E-state index contributed by atoms with van der Waals surface area (Å²) in [6.45, 7) is 5.17. The lowest BCUT2D eigenvalue weighted by atomic mass is 10.1. The van der Waals surface area contributed by atoms with Crippen LogP contribution in [0.4, 0.5) is 5.69 Å². The summed E-state index contributed by atoms with van der Waals surface area (Å²) in [7, 11) is 3.19. The lowest BCUT2D eigenvalue weighted by Gasteiger charge is -2.13. The van der Waals surface area contributed by atoms with Gasteiger partial charge in [-0.25, -0.2) is 0 Å². The number of ether oxygens (including phenoxy) is 2. The summed E-state index contributed by atoms with van der Waals surface area (Å²) in [6.07, 6.45) is 0.980. The minimum absolute atomic E-state index is 0.0319. The molecule has 0 radical (unpaired) electrons. The lowest BCUT2D eigenvalue weighted by Crippen LogP contribution is -2.31. The summed E-state index contributed by atoms with van der Waals surface area (Å²) in [5.74, 6) is 1.95. The summed E-state index contributed by atoms with van der Waals surface area (Å²) in [5, 5.41) is 5.94. The number of amides is 1. The highest BCUT2D eigenvalue weighted by Gasteiger charge is 2.07. The first-order chi connectivity index (χ1) is 9.56. The molecule has 0 aliphatic heterocycles. The van der Waals surface area contributed by atoms with Gasteiger partial charge in [-0.2, -0.15) is 0 Å². The molecule has 112 valence electrons. The standard InChI is InChI=1S/C15H24N2O3/c1-11(2)7-8-16-15(18)10-17-13-9-12(19-3)5-6-14(13)20-4/h5-6,9,11,17H,7-8,10H2,1-4H3,(H,16,18). The largest absolute Gasteiger partial charge is 0.497 e. The van der Waals surface area contributed by atoms with Crippen molar-refractivity contribution in [2.75, 3.05) is 32.6 Å². The maximum atomic E-state index is 11.7. The predicted molar refractivity (Wildman–Crippen MR) is 80.5 cm³/mol. The second kappa shape index (κ2) is 8.30. The van der Waals surface area contributed by atoms with Crippen LogP contribution >= 0.6 is 0 Å². The molecule has 1 aromatic rings. The van der Waals surface area contributed by atoms with Crippen LogP contribution in [-0.4, -0.2) is 33.2 Å². The molecular formula is C15H24N2O3. The SMILES string of the molecule is COc1ccc(OC)c(NCC(=O)NCCC(C)C)c1. The Morgan fingerprint density at radius 3 is 2.60 bits per heavy atom. The second-order valence-corrected chi connectivity index (χ2v) is 4.95. The molecule has 0 atom stereocenters. The van der Waals surface area contributed by atoms with E-state index in [1.54, 1.807) is 26.4 Å². The van der Waals surface area contributed by atoms with Gasteiger partial charge in [-0.1, -0.05) is 13.8 Å². The number of rotatable bonds is 8. The van der Waals surface area contributed by atoms with Crippen molar-refractivity contribution in [2.45, 2.75) is 20.3 Å². The van der Waals surface area contributed by atoms with E-state index in [2.05, 4.69) is 24.5 Å². The van der Waals surface area contributed by atoms with E-state index in [0.29, 0.717) is 24.0 Å². The van der Waals surface area contributed by atoms with Crippen LogP contribution in [0.1, 0.15) is 20.3 Å². The number of carbonyl (C=O) groups is 1. The molecule has 0 saturated carbocycles. The van der Waals surface area contributed by atoms with Crippen molar-refractivity contribution < 1.29 is 14.3 Å². The summed E-state index contributed by atoms with van der Waals surface area (Å²) in [6, 6.07) is 5.42. The van der Waals surface area contributed by atoms with Crippen molar-refractivity contribution in [3.8, 4) is 11.5 Å². The van der Waals surface area contributed by atoms with Gasteiger partial charge in [0, 0.05) is 12.6 Å². The van der Waals surface area contributed by atoms with Crippen molar-refractivity contribution in [1.82, 2.24) is 5.32 Å². The van der Waals surface area contributed by atoms with E-state index >= 15 is 0 Å². The molecule has 2 N–H and O–H groups in total. The van der Waals surface area contributed by atoms with Crippen LogP contribution in [0, 0.1) is 5.92 Å². The highest BCUT2D eigenvalue weighted by molar-refractivity contribution is 5.81. The number of carbonyl (C=O) groups excluding carboxylic acids is 1. The van der Waals surface area contributed by atoms with Crippen molar-refractivity contribution in [3.05, 3.63) is 18.2 Å². The maximum absolute atomic E-state index is 11.7. The number of benzene rings is 1. The molecule has 20 heavy (non-hydrogen) atoms. The molecule has 0 spiro atoms. The van der Waals surface area contributed by atoms with Gasteiger partial charge < -0.3 is 20.1 Å². The second-order valence-electron chi connectivity index (χ2n) is 4.95. The highest BCUT2D eigenvalue weighted by Crippen LogP contribution is 2.28. The van der Waals surface area contributed by atoms with E-state index in [1.807, 2.05) is 6.07 Å². The van der Waals surface area contributed by atoms with Crippen LogP contribution in [0.25, 0.3) is 0 Å². The van der Waals surface area contributed by atoms with Crippen LogP contribution in [0.3, 0.4) is 0 Å². The number of hydrogen-bond donors (Lipinski definition) is 2. The third-order valence-electron chi connectivity index (χ3n) is 2.89. The zero-order valence-electron chi connectivity index (χ0n) is 12.7. The molecule has 0 saturated heterocycles. The lowest BCUT2D eigenvalue weighted by molar-refractivity contribution is -0.119. The molecule has 0 unspecified atom stereocenters. The first kappa shape index (κ1) is 16.1. The van der Waals surface area contributed by atoms with E-state index in [4.69, 9.17) is 9.47 Å². The van der Waals surface area contributed by atoms with Crippen molar-refractivity contribution >= 4 is 11.6 Å². The highest BCUT2D eigenvalue weighted by atomic mass is 16.5.